The van der Waals surface area contributed by atoms with Gasteiger partial charge in [-0.2, -0.15) is 5.10 Å². The molecule has 2 aromatic rings. The van der Waals surface area contributed by atoms with E-state index in [4.69, 9.17) is 12.2 Å². The largest absolute Gasteiger partial charge is 0.280 e. The molecule has 1 aromatic carbocycles. The Morgan fingerprint density at radius 1 is 1.38 bits per heavy atom. The molecule has 1 atom stereocenters. The molecule has 0 saturated carbocycles. The minimum Gasteiger partial charge on any atom is -0.280 e. The van der Waals surface area contributed by atoms with Gasteiger partial charge in [-0.05, 0) is 37.2 Å². The first-order valence-electron chi connectivity index (χ1n) is 8.75. The Morgan fingerprint density at radius 3 is 2.81 bits per heavy atom. The van der Waals surface area contributed by atoms with Gasteiger partial charge in [0.1, 0.15) is 12.1 Å². The Kier molecular flexibility index (Phi) is 5.89. The molecule has 3 rings (SSSR count). The standard InChI is InChI=1S/C17H23FN4O2S2/c1-2-3-9-20(14-8-10-26(23,24)11-14)13-22-17(25)21(12-19-22)16-7-5-4-6-15(16)18/h4-7,12,14H,2-3,8-11,13H2,1H3/t14-/m1/s1. The van der Waals surface area contributed by atoms with Gasteiger partial charge in [0.05, 0.1) is 23.9 Å². The molecule has 6 nitrogen and oxygen atoms in total. The molecule has 0 N–H and O–H groups in total. The fourth-order valence-electron chi connectivity index (χ4n) is 3.21. The SMILES string of the molecule is CCCCN(Cn1ncn(-c2ccccc2F)c1=S)[C@@H]1CCS(=O)(=O)C1. The highest BCUT2D eigenvalue weighted by Crippen LogP contribution is 2.20. The van der Waals surface area contributed by atoms with Crippen LogP contribution in [0.2, 0.25) is 0 Å². The van der Waals surface area contributed by atoms with Crippen LogP contribution < -0.4 is 0 Å². The van der Waals surface area contributed by atoms with E-state index in [0.717, 1.165) is 19.4 Å². The maximum absolute atomic E-state index is 14.0. The average molecular weight is 399 g/mol. The van der Waals surface area contributed by atoms with Gasteiger partial charge in [-0.25, -0.2) is 17.5 Å². The number of nitrogens with zero attached hydrogens (tertiary/aromatic N) is 4. The molecule has 0 unspecified atom stereocenters. The van der Waals surface area contributed by atoms with Crippen molar-refractivity contribution in [1.29, 1.82) is 0 Å². The molecule has 0 radical (unpaired) electrons. The first-order valence-corrected chi connectivity index (χ1v) is 11.0. The fraction of sp³-hybridized carbons (Fsp3) is 0.529. The van der Waals surface area contributed by atoms with Gasteiger partial charge in [0.15, 0.2) is 9.84 Å². The summed E-state index contributed by atoms with van der Waals surface area (Å²) in [5, 5.41) is 4.31. The first-order chi connectivity index (χ1) is 12.4. The molecule has 1 fully saturated rings. The van der Waals surface area contributed by atoms with Gasteiger partial charge in [-0.1, -0.05) is 25.5 Å². The molecule has 0 amide bonds. The number of sulfone groups is 1. The molecular weight excluding hydrogens is 375 g/mol. The smallest absolute Gasteiger partial charge is 0.203 e. The van der Waals surface area contributed by atoms with Crippen LogP contribution in [0, 0.1) is 10.6 Å². The van der Waals surface area contributed by atoms with Crippen molar-refractivity contribution in [2.75, 3.05) is 18.1 Å². The number of hydrogen-bond acceptors (Lipinski definition) is 5. The summed E-state index contributed by atoms with van der Waals surface area (Å²) in [5.41, 5.74) is 0.354. The molecule has 1 aromatic heterocycles. The number of hydrogen-bond donors (Lipinski definition) is 0. The second kappa shape index (κ2) is 7.98. The van der Waals surface area contributed by atoms with Crippen molar-refractivity contribution in [2.45, 2.75) is 38.9 Å². The lowest BCUT2D eigenvalue weighted by molar-refractivity contribution is 0.152. The molecule has 9 heteroatoms. The van der Waals surface area contributed by atoms with E-state index in [9.17, 15) is 12.8 Å². The lowest BCUT2D eigenvalue weighted by atomic mass is 10.2. The van der Waals surface area contributed by atoms with E-state index in [2.05, 4.69) is 16.9 Å². The van der Waals surface area contributed by atoms with Gasteiger partial charge >= 0.3 is 0 Å². The maximum atomic E-state index is 14.0. The average Bonchev–Trinajstić information content (AvgIpc) is 3.14. The molecule has 1 saturated heterocycles. The molecule has 0 aliphatic carbocycles. The predicted molar refractivity (Wildman–Crippen MR) is 101 cm³/mol. The third kappa shape index (κ3) is 4.21. The molecule has 1 aliphatic rings. The summed E-state index contributed by atoms with van der Waals surface area (Å²) in [6, 6.07) is 6.38. The number of unbranched alkanes of at least 4 members (excludes halogenated alkanes) is 1. The lowest BCUT2D eigenvalue weighted by Gasteiger charge is -2.27. The van der Waals surface area contributed by atoms with E-state index in [-0.39, 0.29) is 23.4 Å². The molecule has 26 heavy (non-hydrogen) atoms. The van der Waals surface area contributed by atoms with Crippen LogP contribution in [0.15, 0.2) is 30.6 Å². The van der Waals surface area contributed by atoms with Crippen LogP contribution in [-0.2, 0) is 16.5 Å². The second-order valence-electron chi connectivity index (χ2n) is 6.60. The summed E-state index contributed by atoms with van der Waals surface area (Å²) < 4.78 is 41.3. The Balaban J connectivity index is 1.84. The van der Waals surface area contributed by atoms with Crippen molar-refractivity contribution in [2.24, 2.45) is 0 Å². The van der Waals surface area contributed by atoms with E-state index in [1.54, 1.807) is 22.9 Å². The van der Waals surface area contributed by atoms with E-state index >= 15 is 0 Å². The lowest BCUT2D eigenvalue weighted by Crippen LogP contribution is -2.38. The minimum atomic E-state index is -2.96. The number of aromatic nitrogens is 3. The number of benzene rings is 1. The van der Waals surface area contributed by atoms with E-state index in [0.29, 0.717) is 23.5 Å². The molecule has 1 aliphatic heterocycles. The number of rotatable bonds is 7. The summed E-state index contributed by atoms with van der Waals surface area (Å²) in [5.74, 6) is 0.0424. The first kappa shape index (κ1) is 19.2. The number of para-hydroxylation sites is 1. The van der Waals surface area contributed by atoms with Gasteiger partial charge in [-0.3, -0.25) is 9.47 Å². The predicted octanol–water partition coefficient (Wildman–Crippen LogP) is 2.79. The van der Waals surface area contributed by atoms with Gasteiger partial charge in [-0.15, -0.1) is 0 Å². The Hall–Kier alpha value is -1.58. The van der Waals surface area contributed by atoms with Crippen LogP contribution in [-0.4, -0.2) is 51.8 Å². The van der Waals surface area contributed by atoms with Crippen molar-refractivity contribution >= 4 is 22.1 Å². The van der Waals surface area contributed by atoms with Crippen molar-refractivity contribution in [3.8, 4) is 5.69 Å². The van der Waals surface area contributed by atoms with E-state index < -0.39 is 9.84 Å². The second-order valence-corrected chi connectivity index (χ2v) is 9.19. The summed E-state index contributed by atoms with van der Waals surface area (Å²) in [7, 11) is -2.96. The monoisotopic (exact) mass is 398 g/mol. The summed E-state index contributed by atoms with van der Waals surface area (Å²) in [6.07, 6.45) is 4.13. The van der Waals surface area contributed by atoms with Crippen molar-refractivity contribution in [3.05, 3.63) is 41.2 Å². The third-order valence-electron chi connectivity index (χ3n) is 4.68. The summed E-state index contributed by atoms with van der Waals surface area (Å²) >= 11 is 5.47. The molecular formula is C17H23FN4O2S2. The van der Waals surface area contributed by atoms with Crippen LogP contribution >= 0.6 is 12.2 Å². The molecule has 2 heterocycles. The molecule has 142 valence electrons. The van der Waals surface area contributed by atoms with Crippen molar-refractivity contribution < 1.29 is 12.8 Å². The summed E-state index contributed by atoms with van der Waals surface area (Å²) in [6.45, 7) is 3.29. The molecule has 0 bridgehead atoms. The topological polar surface area (TPSA) is 60.1 Å². The zero-order valence-corrected chi connectivity index (χ0v) is 16.3. The maximum Gasteiger partial charge on any atom is 0.203 e. The fourth-order valence-corrected chi connectivity index (χ4v) is 5.22. The quantitative estimate of drug-likeness (QED) is 0.671. The Bertz CT molecular complexity index is 923. The van der Waals surface area contributed by atoms with Crippen molar-refractivity contribution in [3.63, 3.8) is 0 Å². The van der Waals surface area contributed by atoms with E-state index in [1.165, 1.54) is 17.0 Å². The highest BCUT2D eigenvalue weighted by molar-refractivity contribution is 7.91. The highest BCUT2D eigenvalue weighted by atomic mass is 32.2. The third-order valence-corrected chi connectivity index (χ3v) is 6.84. The van der Waals surface area contributed by atoms with Gasteiger partial charge < -0.3 is 0 Å². The highest BCUT2D eigenvalue weighted by Gasteiger charge is 2.32. The Labute approximate surface area is 158 Å². The van der Waals surface area contributed by atoms with Gasteiger partial charge in [0, 0.05) is 12.6 Å². The van der Waals surface area contributed by atoms with Crippen LogP contribution in [0.4, 0.5) is 4.39 Å². The zero-order chi connectivity index (χ0) is 18.7. The zero-order valence-electron chi connectivity index (χ0n) is 14.7. The van der Waals surface area contributed by atoms with Crippen LogP contribution in [0.1, 0.15) is 26.2 Å². The normalized spacial score (nSPS) is 19.3. The summed E-state index contributed by atoms with van der Waals surface area (Å²) in [4.78, 5) is 2.13. The van der Waals surface area contributed by atoms with E-state index in [1.807, 2.05) is 0 Å². The van der Waals surface area contributed by atoms with Crippen LogP contribution in [0.3, 0.4) is 0 Å². The van der Waals surface area contributed by atoms with Crippen molar-refractivity contribution in [1.82, 2.24) is 19.2 Å². The van der Waals surface area contributed by atoms with Gasteiger partial charge in [0.25, 0.3) is 0 Å². The van der Waals surface area contributed by atoms with Crippen LogP contribution in [0.25, 0.3) is 5.69 Å². The molecule has 0 spiro atoms. The van der Waals surface area contributed by atoms with Crippen LogP contribution in [0.5, 0.6) is 0 Å². The number of halogens is 1. The Morgan fingerprint density at radius 2 is 2.15 bits per heavy atom. The van der Waals surface area contributed by atoms with Gasteiger partial charge in [0.2, 0.25) is 4.77 Å². The minimum absolute atomic E-state index is 0.0212.